The summed E-state index contributed by atoms with van der Waals surface area (Å²) in [6, 6.07) is 3.42. The van der Waals surface area contributed by atoms with Gasteiger partial charge in [0.25, 0.3) is 5.91 Å². The van der Waals surface area contributed by atoms with Gasteiger partial charge in [-0.2, -0.15) is 5.10 Å². The molecular formula is C24H22F4N6O4. The normalized spacial score (nSPS) is 20.7. The highest BCUT2D eigenvalue weighted by atomic mass is 19.4. The van der Waals surface area contributed by atoms with Crippen molar-refractivity contribution in [3.8, 4) is 5.75 Å². The summed E-state index contributed by atoms with van der Waals surface area (Å²) < 4.78 is 57.3. The molecule has 3 heterocycles. The van der Waals surface area contributed by atoms with Crippen LogP contribution in [0.2, 0.25) is 0 Å². The zero-order chi connectivity index (χ0) is 27.4. The van der Waals surface area contributed by atoms with Crippen molar-refractivity contribution < 1.29 is 36.7 Å². The van der Waals surface area contributed by atoms with Crippen molar-refractivity contribution in [1.29, 1.82) is 0 Å². The molecule has 1 saturated carbocycles. The molecule has 1 saturated heterocycles. The smallest absolute Gasteiger partial charge is 0.403 e. The number of nitrogens with zero attached hydrogens (tertiary/aromatic N) is 4. The first-order valence-corrected chi connectivity index (χ1v) is 11.7. The number of ether oxygens (including phenoxy) is 1. The zero-order valence-electron chi connectivity index (χ0n) is 20.0. The number of nitrogens with two attached hydrogens (primary N) is 1. The minimum Gasteiger partial charge on any atom is -0.403 e. The standard InChI is InChI=1S/C24H22F4N6O4/c1-11-7-13-17(9-30-11)33(32-21(13)22(29)36)10-19(35)34-15-6-5-12(15)8-16(34)23(37)31-14-3-2-4-18(20(14)25)38-24(26,27)28/h2-4,7,9,12,15-16H,5-6,8,10H2,1H3,(H2,29,36)(H,31,37). The number of amides is 3. The molecule has 1 aromatic carbocycles. The van der Waals surface area contributed by atoms with Crippen molar-refractivity contribution in [3.63, 3.8) is 0 Å². The highest BCUT2D eigenvalue weighted by Gasteiger charge is 2.51. The molecule has 38 heavy (non-hydrogen) atoms. The number of aromatic nitrogens is 3. The van der Waals surface area contributed by atoms with Crippen molar-refractivity contribution in [3.05, 3.63) is 47.7 Å². The van der Waals surface area contributed by atoms with Crippen molar-refractivity contribution in [2.75, 3.05) is 5.32 Å². The SMILES string of the molecule is Cc1cc2c(C(N)=O)nn(CC(=O)N3C(C(=O)Nc4cccc(OC(F)(F)F)c4F)CC4CCC43)c2cn1. The number of benzene rings is 1. The summed E-state index contributed by atoms with van der Waals surface area (Å²) in [6.07, 6.45) is -1.87. The van der Waals surface area contributed by atoms with Crippen LogP contribution in [0, 0.1) is 18.7 Å². The molecule has 0 spiro atoms. The van der Waals surface area contributed by atoms with Gasteiger partial charge in [0.05, 0.1) is 17.4 Å². The number of likely N-dealkylation sites (tertiary alicyclic amines) is 1. The topological polar surface area (TPSA) is 132 Å². The lowest BCUT2D eigenvalue weighted by Crippen LogP contribution is -2.50. The number of primary amides is 1. The fourth-order valence-electron chi connectivity index (χ4n) is 5.13. The molecule has 3 amide bonds. The minimum absolute atomic E-state index is 0.0213. The number of hydrogen-bond donors (Lipinski definition) is 2. The van der Waals surface area contributed by atoms with Gasteiger partial charge in [-0.15, -0.1) is 13.2 Å². The molecule has 2 aromatic heterocycles. The van der Waals surface area contributed by atoms with E-state index in [0.29, 0.717) is 29.4 Å². The fourth-order valence-corrected chi connectivity index (χ4v) is 5.13. The first-order valence-electron chi connectivity index (χ1n) is 11.7. The van der Waals surface area contributed by atoms with Crippen molar-refractivity contribution in [1.82, 2.24) is 19.7 Å². The molecule has 0 radical (unpaired) electrons. The van der Waals surface area contributed by atoms with Crippen LogP contribution in [0.25, 0.3) is 10.9 Å². The Morgan fingerprint density at radius 2 is 2.00 bits per heavy atom. The molecular weight excluding hydrogens is 512 g/mol. The van der Waals surface area contributed by atoms with Crippen LogP contribution in [0.1, 0.15) is 35.4 Å². The summed E-state index contributed by atoms with van der Waals surface area (Å²) in [5.41, 5.74) is 5.96. The number of fused-ring (bicyclic) bond motifs is 2. The molecule has 3 N–H and O–H groups in total. The van der Waals surface area contributed by atoms with Gasteiger partial charge in [-0.05, 0) is 50.3 Å². The van der Waals surface area contributed by atoms with Gasteiger partial charge in [0.15, 0.2) is 17.3 Å². The van der Waals surface area contributed by atoms with Crippen LogP contribution in [0.5, 0.6) is 5.75 Å². The Morgan fingerprint density at radius 3 is 2.66 bits per heavy atom. The Hall–Kier alpha value is -4.23. The average Bonchev–Trinajstić information content (AvgIpc) is 3.29. The number of pyridine rings is 1. The molecule has 3 unspecified atom stereocenters. The van der Waals surface area contributed by atoms with E-state index in [-0.39, 0.29) is 24.2 Å². The second kappa shape index (κ2) is 9.26. The van der Waals surface area contributed by atoms with Gasteiger partial charge in [-0.25, -0.2) is 4.39 Å². The van der Waals surface area contributed by atoms with Gasteiger partial charge in [0.2, 0.25) is 11.8 Å². The summed E-state index contributed by atoms with van der Waals surface area (Å²) in [4.78, 5) is 44.1. The molecule has 10 nitrogen and oxygen atoms in total. The van der Waals surface area contributed by atoms with E-state index >= 15 is 0 Å². The molecule has 0 bridgehead atoms. The summed E-state index contributed by atoms with van der Waals surface area (Å²) >= 11 is 0. The maximum absolute atomic E-state index is 14.6. The fraction of sp³-hybridized carbons (Fsp3) is 0.375. The zero-order valence-corrected chi connectivity index (χ0v) is 20.0. The Morgan fingerprint density at radius 1 is 1.24 bits per heavy atom. The largest absolute Gasteiger partial charge is 0.573 e. The Labute approximate surface area is 212 Å². The summed E-state index contributed by atoms with van der Waals surface area (Å²) in [7, 11) is 0. The van der Waals surface area contributed by atoms with Crippen molar-refractivity contribution in [2.24, 2.45) is 11.7 Å². The van der Waals surface area contributed by atoms with E-state index in [4.69, 9.17) is 5.73 Å². The van der Waals surface area contributed by atoms with Gasteiger partial charge in [0, 0.05) is 17.1 Å². The molecule has 14 heteroatoms. The third kappa shape index (κ3) is 4.61. The predicted octanol–water partition coefficient (Wildman–Crippen LogP) is 2.89. The molecule has 200 valence electrons. The number of carbonyl (C=O) groups is 3. The first-order chi connectivity index (χ1) is 17.9. The summed E-state index contributed by atoms with van der Waals surface area (Å²) in [6.45, 7) is 1.41. The maximum atomic E-state index is 14.6. The molecule has 3 atom stereocenters. The minimum atomic E-state index is -5.11. The Kier molecular flexibility index (Phi) is 6.19. The predicted molar refractivity (Wildman–Crippen MR) is 124 cm³/mol. The van der Waals surface area contributed by atoms with Crippen LogP contribution < -0.4 is 15.8 Å². The van der Waals surface area contributed by atoms with Gasteiger partial charge in [-0.3, -0.25) is 24.0 Å². The maximum Gasteiger partial charge on any atom is 0.573 e. The summed E-state index contributed by atoms with van der Waals surface area (Å²) in [5.74, 6) is -4.40. The third-order valence-corrected chi connectivity index (χ3v) is 6.93. The lowest BCUT2D eigenvalue weighted by Gasteiger charge is -2.37. The first kappa shape index (κ1) is 25.4. The number of anilines is 1. The lowest BCUT2D eigenvalue weighted by atomic mass is 9.80. The second-order valence-corrected chi connectivity index (χ2v) is 9.33. The van der Waals surface area contributed by atoms with Gasteiger partial charge < -0.3 is 20.7 Å². The van der Waals surface area contributed by atoms with Crippen LogP contribution >= 0.6 is 0 Å². The van der Waals surface area contributed by atoms with E-state index < -0.39 is 47.4 Å². The van der Waals surface area contributed by atoms with E-state index in [1.807, 2.05) is 0 Å². The van der Waals surface area contributed by atoms with Crippen LogP contribution in [0.15, 0.2) is 30.5 Å². The number of rotatable bonds is 6. The number of hydrogen-bond acceptors (Lipinski definition) is 6. The van der Waals surface area contributed by atoms with Crippen LogP contribution in [0.4, 0.5) is 23.2 Å². The monoisotopic (exact) mass is 534 g/mol. The third-order valence-electron chi connectivity index (χ3n) is 6.93. The van der Waals surface area contributed by atoms with Crippen molar-refractivity contribution >= 4 is 34.3 Å². The van der Waals surface area contributed by atoms with Crippen LogP contribution in [0.3, 0.4) is 0 Å². The van der Waals surface area contributed by atoms with Gasteiger partial charge >= 0.3 is 6.36 Å². The van der Waals surface area contributed by atoms with E-state index in [2.05, 4.69) is 20.1 Å². The van der Waals surface area contributed by atoms with Crippen LogP contribution in [-0.4, -0.2) is 55.8 Å². The highest BCUT2D eigenvalue weighted by Crippen LogP contribution is 2.44. The highest BCUT2D eigenvalue weighted by molar-refractivity contribution is 6.04. The quantitative estimate of drug-likeness (QED) is 0.468. The van der Waals surface area contributed by atoms with E-state index in [1.165, 1.54) is 15.8 Å². The molecule has 2 aliphatic rings. The van der Waals surface area contributed by atoms with E-state index in [0.717, 1.165) is 24.6 Å². The summed E-state index contributed by atoms with van der Waals surface area (Å²) in [5, 5.41) is 6.93. The van der Waals surface area contributed by atoms with Crippen molar-refractivity contribution in [2.45, 2.75) is 51.2 Å². The van der Waals surface area contributed by atoms with Gasteiger partial charge in [0.1, 0.15) is 12.6 Å². The number of halogens is 4. The van der Waals surface area contributed by atoms with Gasteiger partial charge in [-0.1, -0.05) is 6.07 Å². The molecule has 1 aliphatic heterocycles. The number of alkyl halides is 3. The van der Waals surface area contributed by atoms with Crippen LogP contribution in [-0.2, 0) is 16.1 Å². The van der Waals surface area contributed by atoms with E-state index in [9.17, 15) is 31.9 Å². The lowest BCUT2D eigenvalue weighted by molar-refractivity contribution is -0.275. The Balaban J connectivity index is 1.39. The molecule has 2 fully saturated rings. The molecule has 1 aliphatic carbocycles. The second-order valence-electron chi connectivity index (χ2n) is 9.33. The molecule has 5 rings (SSSR count). The number of nitrogens with one attached hydrogen (secondary N) is 1. The Bertz CT molecular complexity index is 1460. The number of aryl methyl sites for hydroxylation is 1. The average molecular weight is 534 g/mol. The molecule has 3 aromatic rings. The van der Waals surface area contributed by atoms with E-state index in [1.54, 1.807) is 13.0 Å². The number of carbonyl (C=O) groups excluding carboxylic acids is 3.